The summed E-state index contributed by atoms with van der Waals surface area (Å²) in [5.41, 5.74) is -1.80. The SMILES string of the molecule is COc1cc(C2C3=CCC4C(=O)N(O)C(=O)C4C3CC3(Cl)C(=O)N(c4c(F)c(F)c(F)c(F)c4F)C(=O)C23Cl)c(Br)c(Br)c1O. The average Bonchev–Trinajstić information content (AvgIpc) is 3.32. The van der Waals surface area contributed by atoms with Crippen molar-refractivity contribution in [1.29, 1.82) is 0 Å². The molecule has 2 aromatic rings. The molecule has 6 atom stereocenters. The lowest BCUT2D eigenvalue weighted by molar-refractivity contribution is -0.173. The topological polar surface area (TPSA) is 124 Å². The summed E-state index contributed by atoms with van der Waals surface area (Å²) in [4.78, 5) is 48.3. The van der Waals surface area contributed by atoms with E-state index in [2.05, 4.69) is 31.9 Å². The standard InChI is InChI=1S/C27H15Br2Cl2F5N2O7/c1-45-10-4-8(13(28)14(29)21(10)39)12-6-2-3-7-11(23(41)38(44)22(7)40)9(6)5-26(30)24(42)37(25(43)27(12,26)31)20-18(35)16(33)15(32)17(34)19(20)36/h2,4,7,9,11-12,39,44H,3,5H2,1H3. The molecule has 4 amide bonds. The Labute approximate surface area is 275 Å². The number of imide groups is 2. The van der Waals surface area contributed by atoms with E-state index in [-0.39, 0.29) is 42.2 Å². The van der Waals surface area contributed by atoms with Crippen molar-refractivity contribution >= 4 is 84.4 Å². The molecule has 2 N–H and O–H groups in total. The Balaban J connectivity index is 1.67. The monoisotopic (exact) mass is 802 g/mol. The van der Waals surface area contributed by atoms with Crippen molar-refractivity contribution in [3.05, 3.63) is 61.3 Å². The molecular weight excluding hydrogens is 790 g/mol. The van der Waals surface area contributed by atoms with Gasteiger partial charge in [-0.2, -0.15) is 5.06 Å². The van der Waals surface area contributed by atoms with E-state index in [1.165, 1.54) is 19.3 Å². The van der Waals surface area contributed by atoms with Gasteiger partial charge >= 0.3 is 0 Å². The summed E-state index contributed by atoms with van der Waals surface area (Å²) in [5, 5.41) is 20.6. The minimum atomic E-state index is -2.78. The third-order valence-electron chi connectivity index (χ3n) is 8.90. The van der Waals surface area contributed by atoms with Crippen molar-refractivity contribution in [3.63, 3.8) is 0 Å². The summed E-state index contributed by atoms with van der Waals surface area (Å²) < 4.78 is 77.9. The zero-order valence-electron chi connectivity index (χ0n) is 22.1. The average molecular weight is 805 g/mol. The van der Waals surface area contributed by atoms with Gasteiger partial charge in [0.25, 0.3) is 23.6 Å². The second kappa shape index (κ2) is 10.4. The molecule has 0 aromatic heterocycles. The number of amides is 4. The van der Waals surface area contributed by atoms with Crippen LogP contribution >= 0.6 is 55.1 Å². The first-order valence-corrected chi connectivity index (χ1v) is 15.1. The predicted molar refractivity (Wildman–Crippen MR) is 150 cm³/mol. The van der Waals surface area contributed by atoms with Crippen LogP contribution in [-0.4, -0.2) is 55.9 Å². The van der Waals surface area contributed by atoms with Crippen molar-refractivity contribution in [2.75, 3.05) is 12.0 Å². The lowest BCUT2D eigenvalue weighted by Crippen LogP contribution is -2.60. The number of fused-ring (bicyclic) bond motifs is 4. The molecule has 1 saturated carbocycles. The van der Waals surface area contributed by atoms with Crippen LogP contribution in [0.3, 0.4) is 0 Å². The highest BCUT2D eigenvalue weighted by Crippen LogP contribution is 2.67. The molecule has 0 spiro atoms. The maximum atomic E-state index is 15.1. The normalized spacial score (nSPS) is 30.9. The van der Waals surface area contributed by atoms with Gasteiger partial charge in [-0.05, 0) is 62.2 Å². The second-order valence-electron chi connectivity index (χ2n) is 10.8. The molecule has 3 fully saturated rings. The number of allylic oxidation sites excluding steroid dienone is 2. The molecule has 2 heterocycles. The van der Waals surface area contributed by atoms with Gasteiger partial charge in [0.15, 0.2) is 44.5 Å². The van der Waals surface area contributed by atoms with Crippen LogP contribution in [0.5, 0.6) is 11.5 Å². The Hall–Kier alpha value is -2.79. The Bertz CT molecular complexity index is 1800. The van der Waals surface area contributed by atoms with Crippen molar-refractivity contribution < 1.29 is 56.2 Å². The Morgan fingerprint density at radius 2 is 1.49 bits per heavy atom. The highest BCUT2D eigenvalue weighted by Gasteiger charge is 2.77. The van der Waals surface area contributed by atoms with E-state index in [0.717, 1.165) is 0 Å². The Morgan fingerprint density at radius 1 is 0.911 bits per heavy atom. The fourth-order valence-electron chi connectivity index (χ4n) is 6.87. The van der Waals surface area contributed by atoms with Crippen LogP contribution < -0.4 is 9.64 Å². The van der Waals surface area contributed by atoms with E-state index in [0.29, 0.717) is 0 Å². The number of alkyl halides is 2. The van der Waals surface area contributed by atoms with E-state index in [9.17, 15) is 42.7 Å². The number of phenolic OH excluding ortho intramolecular Hbond substituents is 1. The van der Waals surface area contributed by atoms with Crippen molar-refractivity contribution in [2.45, 2.75) is 28.5 Å². The molecule has 238 valence electrons. The summed E-state index contributed by atoms with van der Waals surface area (Å²) in [5.74, 6) is -23.7. The summed E-state index contributed by atoms with van der Waals surface area (Å²) in [6.07, 6.45) is 0.549. The van der Waals surface area contributed by atoms with Gasteiger partial charge in [0.05, 0.1) is 23.4 Å². The molecule has 18 heteroatoms. The summed E-state index contributed by atoms with van der Waals surface area (Å²) in [7, 11) is 1.18. The number of hydrogen-bond donors (Lipinski definition) is 2. The molecule has 9 nitrogen and oxygen atoms in total. The number of methoxy groups -OCH3 is 1. The number of aromatic hydroxyl groups is 1. The maximum absolute atomic E-state index is 15.1. The highest BCUT2D eigenvalue weighted by atomic mass is 79.9. The largest absolute Gasteiger partial charge is 0.503 e. The Morgan fingerprint density at radius 3 is 2.07 bits per heavy atom. The number of rotatable bonds is 3. The van der Waals surface area contributed by atoms with Gasteiger partial charge in [0, 0.05) is 10.4 Å². The highest BCUT2D eigenvalue weighted by molar-refractivity contribution is 9.13. The molecule has 2 aromatic carbocycles. The van der Waals surface area contributed by atoms with Gasteiger partial charge < -0.3 is 9.84 Å². The Kier molecular flexibility index (Phi) is 7.40. The third-order valence-corrected chi connectivity index (χ3v) is 12.5. The van der Waals surface area contributed by atoms with Crippen LogP contribution in [0.2, 0.25) is 0 Å². The zero-order valence-corrected chi connectivity index (χ0v) is 26.8. The molecule has 2 saturated heterocycles. The first-order chi connectivity index (χ1) is 21.0. The van der Waals surface area contributed by atoms with Crippen LogP contribution in [0.1, 0.15) is 24.3 Å². The molecule has 2 aliphatic heterocycles. The molecule has 4 aliphatic rings. The lowest BCUT2D eigenvalue weighted by atomic mass is 9.56. The van der Waals surface area contributed by atoms with E-state index >= 15 is 8.78 Å². The maximum Gasteiger partial charge on any atom is 0.258 e. The van der Waals surface area contributed by atoms with Crippen LogP contribution in [0.25, 0.3) is 0 Å². The van der Waals surface area contributed by atoms with Gasteiger partial charge in [0.1, 0.15) is 5.69 Å². The molecule has 6 unspecified atom stereocenters. The first-order valence-electron chi connectivity index (χ1n) is 12.8. The number of hydroxylamine groups is 2. The summed E-state index contributed by atoms with van der Waals surface area (Å²) >= 11 is 20.5. The number of phenols is 1. The van der Waals surface area contributed by atoms with Crippen molar-refractivity contribution in [3.8, 4) is 11.5 Å². The van der Waals surface area contributed by atoms with E-state index < -0.39 is 104 Å². The van der Waals surface area contributed by atoms with E-state index in [1.807, 2.05) is 0 Å². The number of ether oxygens (including phenoxy) is 1. The fourth-order valence-corrected chi connectivity index (χ4v) is 8.76. The molecule has 45 heavy (non-hydrogen) atoms. The number of nitrogens with zero attached hydrogens (tertiary/aromatic N) is 2. The number of carbonyl (C=O) groups excluding carboxylic acids is 4. The van der Waals surface area contributed by atoms with Gasteiger partial charge in [0.2, 0.25) is 5.82 Å². The number of anilines is 1. The lowest BCUT2D eigenvalue weighted by Gasteiger charge is -2.51. The van der Waals surface area contributed by atoms with Crippen LogP contribution in [-0.2, 0) is 19.2 Å². The summed E-state index contributed by atoms with van der Waals surface area (Å²) in [6.45, 7) is 0. The number of benzene rings is 2. The van der Waals surface area contributed by atoms with Gasteiger partial charge in [-0.15, -0.1) is 23.2 Å². The van der Waals surface area contributed by atoms with E-state index in [4.69, 9.17) is 27.9 Å². The minimum Gasteiger partial charge on any atom is -0.503 e. The zero-order chi connectivity index (χ0) is 33.2. The molecular formula is C27H15Br2Cl2F5N2O7. The number of halogens is 9. The quantitative estimate of drug-likeness (QED) is 0.0791. The molecule has 0 bridgehead atoms. The predicted octanol–water partition coefficient (Wildman–Crippen LogP) is 5.57. The fraction of sp³-hybridized carbons (Fsp3) is 0.333. The number of hydrogen-bond acceptors (Lipinski definition) is 7. The van der Waals surface area contributed by atoms with E-state index in [1.54, 1.807) is 0 Å². The second-order valence-corrected chi connectivity index (χ2v) is 13.7. The number of carbonyl (C=O) groups is 4. The minimum absolute atomic E-state index is 0.0149. The molecule has 2 aliphatic carbocycles. The molecule has 0 radical (unpaired) electrons. The molecule has 6 rings (SSSR count). The smallest absolute Gasteiger partial charge is 0.258 e. The van der Waals surface area contributed by atoms with Gasteiger partial charge in [-0.1, -0.05) is 11.6 Å². The third kappa shape index (κ3) is 3.85. The van der Waals surface area contributed by atoms with Crippen LogP contribution in [0.4, 0.5) is 27.6 Å². The van der Waals surface area contributed by atoms with Crippen molar-refractivity contribution in [1.82, 2.24) is 5.06 Å². The van der Waals surface area contributed by atoms with Gasteiger partial charge in [-0.3, -0.25) is 24.4 Å². The van der Waals surface area contributed by atoms with Gasteiger partial charge in [-0.25, -0.2) is 26.9 Å². The van der Waals surface area contributed by atoms with Crippen LogP contribution in [0.15, 0.2) is 26.7 Å². The first kappa shape index (κ1) is 32.2. The van der Waals surface area contributed by atoms with Crippen molar-refractivity contribution in [2.24, 2.45) is 17.8 Å². The van der Waals surface area contributed by atoms with Crippen LogP contribution in [0, 0.1) is 46.8 Å². The summed E-state index contributed by atoms with van der Waals surface area (Å²) in [6, 6.07) is 1.20.